The Morgan fingerprint density at radius 1 is 1.25 bits per heavy atom. The fourth-order valence-corrected chi connectivity index (χ4v) is 5.60. The number of fused-ring (bicyclic) bond motifs is 1. The molecular weight excluding hydrogens is 482 g/mol. The number of ether oxygens (including phenoxy) is 1. The molecule has 10 nitrogen and oxygen atoms in total. The summed E-state index contributed by atoms with van der Waals surface area (Å²) in [5, 5.41) is 12.5. The van der Waals surface area contributed by atoms with Crippen molar-refractivity contribution < 1.29 is 22.7 Å². The first-order valence-electron chi connectivity index (χ1n) is 11.5. The first-order valence-corrected chi connectivity index (χ1v) is 13.0. The number of H-pyrrole nitrogens is 1. The molecule has 188 valence electrons. The second kappa shape index (κ2) is 10.4. The van der Waals surface area contributed by atoms with E-state index in [0.717, 1.165) is 24.8 Å². The molecule has 2 amide bonds. The number of hydrogen-bond acceptors (Lipinski definition) is 6. The summed E-state index contributed by atoms with van der Waals surface area (Å²) in [5.41, 5.74) is 2.21. The molecule has 3 N–H and O–H groups in total. The zero-order valence-electron chi connectivity index (χ0n) is 20.0. The normalized spacial score (nSPS) is 15.9. The highest BCUT2D eigenvalue weighted by Crippen LogP contribution is 2.30. The van der Waals surface area contributed by atoms with Crippen LogP contribution in [0.1, 0.15) is 30.4 Å². The highest BCUT2D eigenvalue weighted by Gasteiger charge is 2.31. The van der Waals surface area contributed by atoms with Crippen LogP contribution in [0.15, 0.2) is 47.5 Å². The molecule has 1 atom stereocenters. The monoisotopic (exact) mass is 509 g/mol. The SMILES string of the molecule is COC[C@H]1CCCCN1C(=O)C(=O)Nc1cccc(S(=O)(=O)Nc2ccc(C)c3c(C#N)c[nH]c23)c1. The smallest absolute Gasteiger partial charge is 0.313 e. The maximum atomic E-state index is 13.1. The molecule has 0 bridgehead atoms. The van der Waals surface area contributed by atoms with Crippen molar-refractivity contribution in [2.45, 2.75) is 37.1 Å². The van der Waals surface area contributed by atoms with Gasteiger partial charge in [-0.15, -0.1) is 0 Å². The molecule has 0 aliphatic carbocycles. The molecule has 1 saturated heterocycles. The van der Waals surface area contributed by atoms with Crippen LogP contribution < -0.4 is 10.0 Å². The molecular formula is C25H27N5O5S. The number of piperidine rings is 1. The number of sulfonamides is 1. The van der Waals surface area contributed by atoms with E-state index in [-0.39, 0.29) is 22.3 Å². The Bertz CT molecular complexity index is 1460. The molecule has 1 aliphatic rings. The van der Waals surface area contributed by atoms with Crippen molar-refractivity contribution >= 4 is 44.1 Å². The van der Waals surface area contributed by atoms with Gasteiger partial charge in [-0.2, -0.15) is 5.26 Å². The van der Waals surface area contributed by atoms with Gasteiger partial charge in [0.05, 0.1) is 34.3 Å². The average molecular weight is 510 g/mol. The maximum Gasteiger partial charge on any atom is 0.313 e. The molecule has 36 heavy (non-hydrogen) atoms. The van der Waals surface area contributed by atoms with Crippen LogP contribution in [0.3, 0.4) is 0 Å². The summed E-state index contributed by atoms with van der Waals surface area (Å²) in [4.78, 5) is 29.9. The van der Waals surface area contributed by atoms with Gasteiger partial charge < -0.3 is 19.9 Å². The van der Waals surface area contributed by atoms with E-state index in [1.54, 1.807) is 19.2 Å². The number of methoxy groups -OCH3 is 1. The highest BCUT2D eigenvalue weighted by molar-refractivity contribution is 7.92. The summed E-state index contributed by atoms with van der Waals surface area (Å²) in [7, 11) is -2.49. The Balaban J connectivity index is 1.53. The summed E-state index contributed by atoms with van der Waals surface area (Å²) in [6.07, 6.45) is 4.05. The summed E-state index contributed by atoms with van der Waals surface area (Å²) in [6.45, 7) is 2.65. The number of benzene rings is 2. The zero-order chi connectivity index (χ0) is 25.9. The van der Waals surface area contributed by atoms with Crippen LogP contribution in [0.5, 0.6) is 0 Å². The van der Waals surface area contributed by atoms with E-state index in [2.05, 4.69) is 21.1 Å². The summed E-state index contributed by atoms with van der Waals surface area (Å²) in [5.74, 6) is -1.51. The maximum absolute atomic E-state index is 13.1. The first kappa shape index (κ1) is 25.2. The lowest BCUT2D eigenvalue weighted by atomic mass is 10.0. The van der Waals surface area contributed by atoms with Gasteiger partial charge in [-0.05, 0) is 56.0 Å². The van der Waals surface area contributed by atoms with Crippen LogP contribution in [0.4, 0.5) is 11.4 Å². The third-order valence-electron chi connectivity index (χ3n) is 6.25. The molecule has 2 heterocycles. The van der Waals surface area contributed by atoms with Crippen molar-refractivity contribution in [2.24, 2.45) is 0 Å². The van der Waals surface area contributed by atoms with Crippen LogP contribution in [0.25, 0.3) is 10.9 Å². The lowest BCUT2D eigenvalue weighted by Gasteiger charge is -2.34. The molecule has 2 aromatic carbocycles. The molecule has 0 spiro atoms. The lowest BCUT2D eigenvalue weighted by molar-refractivity contribution is -0.146. The third kappa shape index (κ3) is 5.05. The van der Waals surface area contributed by atoms with Gasteiger partial charge in [0, 0.05) is 30.9 Å². The van der Waals surface area contributed by atoms with E-state index in [0.29, 0.717) is 29.6 Å². The van der Waals surface area contributed by atoms with Crippen molar-refractivity contribution in [3.63, 3.8) is 0 Å². The Labute approximate surface area is 209 Å². The summed E-state index contributed by atoms with van der Waals surface area (Å²) in [6, 6.07) is 10.9. The van der Waals surface area contributed by atoms with Crippen molar-refractivity contribution in [1.29, 1.82) is 5.26 Å². The molecule has 0 unspecified atom stereocenters. The number of aryl methyl sites for hydroxylation is 1. The van der Waals surface area contributed by atoms with Gasteiger partial charge in [0.15, 0.2) is 0 Å². The van der Waals surface area contributed by atoms with E-state index in [1.165, 1.54) is 35.4 Å². The van der Waals surface area contributed by atoms with Gasteiger partial charge in [-0.3, -0.25) is 14.3 Å². The minimum Gasteiger partial charge on any atom is -0.383 e. The number of carbonyl (C=O) groups is 2. The second-order valence-electron chi connectivity index (χ2n) is 8.69. The van der Waals surface area contributed by atoms with Gasteiger partial charge >= 0.3 is 11.8 Å². The number of hydrogen-bond donors (Lipinski definition) is 3. The molecule has 0 saturated carbocycles. The number of aromatic nitrogens is 1. The summed E-state index contributed by atoms with van der Waals surface area (Å²) >= 11 is 0. The van der Waals surface area contributed by atoms with E-state index < -0.39 is 21.8 Å². The molecule has 1 fully saturated rings. The van der Waals surface area contributed by atoms with Gasteiger partial charge in [-0.25, -0.2) is 8.42 Å². The number of aromatic amines is 1. The lowest BCUT2D eigenvalue weighted by Crippen LogP contribution is -2.50. The van der Waals surface area contributed by atoms with E-state index in [4.69, 9.17) is 4.74 Å². The molecule has 0 radical (unpaired) electrons. The standard InChI is InChI=1S/C25H27N5O5S/c1-16-9-10-21(23-22(16)17(13-26)14-27-23)29-36(33,34)20-8-5-6-18(12-20)28-24(31)25(32)30-11-4-3-7-19(30)15-35-2/h5-6,8-10,12,14,19,27,29H,3-4,7,11,15H2,1-2H3,(H,28,31)/t19-/m1/s1. The Morgan fingerprint density at radius 2 is 2.06 bits per heavy atom. The largest absolute Gasteiger partial charge is 0.383 e. The van der Waals surface area contributed by atoms with Crippen LogP contribution in [0.2, 0.25) is 0 Å². The topological polar surface area (TPSA) is 144 Å². The average Bonchev–Trinajstić information content (AvgIpc) is 3.31. The Morgan fingerprint density at radius 3 is 2.81 bits per heavy atom. The van der Waals surface area contributed by atoms with Crippen LogP contribution >= 0.6 is 0 Å². The van der Waals surface area contributed by atoms with Gasteiger partial charge in [0.25, 0.3) is 10.0 Å². The molecule has 11 heteroatoms. The number of nitrogens with zero attached hydrogens (tertiary/aromatic N) is 2. The molecule has 1 aliphatic heterocycles. The van der Waals surface area contributed by atoms with Gasteiger partial charge in [0.2, 0.25) is 0 Å². The molecule has 3 aromatic rings. The predicted molar refractivity (Wildman–Crippen MR) is 135 cm³/mol. The molecule has 1 aromatic heterocycles. The minimum absolute atomic E-state index is 0.0937. The predicted octanol–water partition coefficient (Wildman–Crippen LogP) is 3.11. The highest BCUT2D eigenvalue weighted by atomic mass is 32.2. The van der Waals surface area contributed by atoms with Crippen LogP contribution in [-0.2, 0) is 24.3 Å². The second-order valence-corrected chi connectivity index (χ2v) is 10.4. The number of nitrogens with one attached hydrogen (secondary N) is 3. The number of rotatable bonds is 6. The third-order valence-corrected chi connectivity index (χ3v) is 7.62. The molecule has 4 rings (SSSR count). The van der Waals surface area contributed by atoms with Gasteiger partial charge in [0.1, 0.15) is 6.07 Å². The van der Waals surface area contributed by atoms with E-state index in [9.17, 15) is 23.3 Å². The number of carbonyl (C=O) groups excluding carboxylic acids is 2. The summed E-state index contributed by atoms with van der Waals surface area (Å²) < 4.78 is 34.0. The first-order chi connectivity index (χ1) is 17.2. The van der Waals surface area contributed by atoms with Crippen molar-refractivity contribution in [1.82, 2.24) is 9.88 Å². The fraction of sp³-hybridized carbons (Fsp3) is 0.320. The van der Waals surface area contributed by atoms with Crippen molar-refractivity contribution in [2.75, 3.05) is 30.3 Å². The number of nitriles is 1. The van der Waals surface area contributed by atoms with Crippen LogP contribution in [0, 0.1) is 18.3 Å². The van der Waals surface area contributed by atoms with Gasteiger partial charge in [-0.1, -0.05) is 12.1 Å². The minimum atomic E-state index is -4.05. The fourth-order valence-electron chi connectivity index (χ4n) is 4.49. The number of likely N-dealkylation sites (tertiary alicyclic amines) is 1. The Kier molecular flexibility index (Phi) is 7.28. The van der Waals surface area contributed by atoms with E-state index in [1.807, 2.05) is 6.92 Å². The zero-order valence-corrected chi connectivity index (χ0v) is 20.8. The van der Waals surface area contributed by atoms with Crippen LogP contribution in [-0.4, -0.2) is 56.4 Å². The quantitative estimate of drug-likeness (QED) is 0.436. The van der Waals surface area contributed by atoms with E-state index >= 15 is 0 Å². The van der Waals surface area contributed by atoms with Crippen molar-refractivity contribution in [3.05, 3.63) is 53.7 Å². The number of anilines is 2. The number of amides is 2. The Hall–Kier alpha value is -3.88. The van der Waals surface area contributed by atoms with Crippen molar-refractivity contribution in [3.8, 4) is 6.07 Å².